The lowest BCUT2D eigenvalue weighted by atomic mass is 10.1. The molecule has 3 heterocycles. The van der Waals surface area contributed by atoms with Crippen LogP contribution in [-0.4, -0.2) is 95.4 Å². The van der Waals surface area contributed by atoms with Crippen LogP contribution in [0.1, 0.15) is 29.9 Å². The minimum absolute atomic E-state index is 0.0177. The summed E-state index contributed by atoms with van der Waals surface area (Å²) in [5.41, 5.74) is 12.5. The number of aromatic nitrogens is 6. The number of nitrogens with one attached hydrogen (secondary N) is 7. The third-order valence-corrected chi connectivity index (χ3v) is 6.11. The highest BCUT2D eigenvalue weighted by Gasteiger charge is 2.31. The Labute approximate surface area is 239 Å². The fourth-order valence-electron chi connectivity index (χ4n) is 3.96. The van der Waals surface area contributed by atoms with E-state index in [4.69, 9.17) is 11.5 Å². The van der Waals surface area contributed by atoms with E-state index in [1.165, 1.54) is 25.2 Å². The van der Waals surface area contributed by atoms with Crippen LogP contribution >= 0.6 is 0 Å². The second-order valence-corrected chi connectivity index (χ2v) is 9.36. The molecule has 42 heavy (non-hydrogen) atoms. The zero-order chi connectivity index (χ0) is 30.5. The van der Waals surface area contributed by atoms with Crippen LogP contribution < -0.4 is 32.7 Å². The van der Waals surface area contributed by atoms with Gasteiger partial charge in [-0.25, -0.2) is 24.5 Å². The van der Waals surface area contributed by atoms with Crippen molar-refractivity contribution in [2.24, 2.45) is 11.5 Å². The summed E-state index contributed by atoms with van der Waals surface area (Å²) in [6, 6.07) is -5.54. The number of rotatable bonds is 17. The molecular weight excluding hydrogens is 552 g/mol. The molecule has 12 N–H and O–H groups in total. The number of hydrogen-bond acceptors (Lipinski definition) is 9. The van der Waals surface area contributed by atoms with E-state index < -0.39 is 53.9 Å². The van der Waals surface area contributed by atoms with Crippen molar-refractivity contribution in [2.75, 3.05) is 6.54 Å². The van der Waals surface area contributed by atoms with Crippen molar-refractivity contribution in [1.29, 1.82) is 0 Å². The van der Waals surface area contributed by atoms with Crippen molar-refractivity contribution in [1.82, 2.24) is 51.2 Å². The number of hydrogen-bond donors (Lipinski definition) is 10. The molecule has 4 atom stereocenters. The number of imidazole rings is 3. The molecule has 0 saturated heterocycles. The smallest absolute Gasteiger partial charge is 0.326 e. The number of nitrogens with zero attached hydrogens (tertiary/aromatic N) is 3. The van der Waals surface area contributed by atoms with Gasteiger partial charge in [0.2, 0.25) is 17.7 Å². The quantitative estimate of drug-likeness (QED) is 0.0724. The fourth-order valence-corrected chi connectivity index (χ4v) is 3.96. The molecule has 0 aliphatic rings. The summed E-state index contributed by atoms with van der Waals surface area (Å²) >= 11 is 0. The largest absolute Gasteiger partial charge is 0.480 e. The monoisotopic (exact) mass is 586 g/mol. The first-order valence-electron chi connectivity index (χ1n) is 13.0. The molecule has 0 bridgehead atoms. The molecule has 5 amide bonds. The zero-order valence-electron chi connectivity index (χ0n) is 22.5. The van der Waals surface area contributed by atoms with E-state index in [2.05, 4.69) is 51.2 Å². The van der Waals surface area contributed by atoms with Gasteiger partial charge in [-0.3, -0.25) is 14.4 Å². The number of nitrogens with two attached hydrogens (primary N) is 2. The number of urea groups is 1. The summed E-state index contributed by atoms with van der Waals surface area (Å²) in [7, 11) is 0. The summed E-state index contributed by atoms with van der Waals surface area (Å²) in [6.07, 6.45) is 9.11. The molecule has 0 aliphatic heterocycles. The molecule has 0 aromatic carbocycles. The topological polar surface area (TPSA) is 292 Å². The number of aromatic amines is 3. The van der Waals surface area contributed by atoms with Gasteiger partial charge >= 0.3 is 12.0 Å². The van der Waals surface area contributed by atoms with Crippen molar-refractivity contribution < 1.29 is 29.1 Å². The Morgan fingerprint density at radius 2 is 1.19 bits per heavy atom. The van der Waals surface area contributed by atoms with Crippen LogP contribution in [-0.2, 0) is 38.4 Å². The summed E-state index contributed by atoms with van der Waals surface area (Å²) in [6.45, 7) is 0.110. The second kappa shape index (κ2) is 15.5. The summed E-state index contributed by atoms with van der Waals surface area (Å²) in [5, 5.41) is 19.6. The van der Waals surface area contributed by atoms with Gasteiger partial charge in [-0.15, -0.1) is 0 Å². The maximum Gasteiger partial charge on any atom is 0.326 e. The number of carbonyl (C=O) groups excluding carboxylic acids is 4. The lowest BCUT2D eigenvalue weighted by Crippen LogP contribution is -2.58. The van der Waals surface area contributed by atoms with Crippen LogP contribution in [0.2, 0.25) is 0 Å². The molecule has 3 aromatic heterocycles. The number of carbonyl (C=O) groups is 5. The molecule has 0 spiro atoms. The van der Waals surface area contributed by atoms with Gasteiger partial charge in [-0.1, -0.05) is 0 Å². The number of aliphatic carboxylic acids is 1. The molecule has 0 saturated carbocycles. The predicted molar refractivity (Wildman–Crippen MR) is 145 cm³/mol. The van der Waals surface area contributed by atoms with Gasteiger partial charge in [0.25, 0.3) is 0 Å². The molecule has 3 aromatic rings. The van der Waals surface area contributed by atoms with Gasteiger partial charge in [0.05, 0.1) is 42.1 Å². The maximum atomic E-state index is 13.5. The van der Waals surface area contributed by atoms with Gasteiger partial charge in [0.1, 0.15) is 18.1 Å². The number of primary amides is 1. The Morgan fingerprint density at radius 3 is 1.62 bits per heavy atom. The fraction of sp³-hybridized carbons (Fsp3) is 0.417. The predicted octanol–water partition coefficient (Wildman–Crippen LogP) is -2.80. The number of carboxylic acid groups (broad SMARTS) is 1. The average molecular weight is 587 g/mol. The highest BCUT2D eigenvalue weighted by Crippen LogP contribution is 2.06. The van der Waals surface area contributed by atoms with Crippen LogP contribution in [0.15, 0.2) is 37.6 Å². The molecular formula is C24H34N12O6. The number of amides is 5. The van der Waals surface area contributed by atoms with Gasteiger partial charge in [0, 0.05) is 44.4 Å². The second-order valence-electron chi connectivity index (χ2n) is 9.36. The van der Waals surface area contributed by atoms with E-state index in [1.54, 1.807) is 12.4 Å². The third kappa shape index (κ3) is 10.0. The van der Waals surface area contributed by atoms with E-state index >= 15 is 0 Å². The van der Waals surface area contributed by atoms with E-state index in [9.17, 15) is 29.1 Å². The van der Waals surface area contributed by atoms with Crippen molar-refractivity contribution in [2.45, 2.75) is 56.3 Å². The SMILES string of the molecule is NC(=O)NCCC[C@H](NC(=O)[C@H](Cc1c[nH]cn1)NC(=O)[C@H](Cc1c[nH]cn1)NC(=O)[C@@H](N)Cc1c[nH]cn1)C(=O)O. The molecule has 18 nitrogen and oxygen atoms in total. The summed E-state index contributed by atoms with van der Waals surface area (Å²) < 4.78 is 0. The lowest BCUT2D eigenvalue weighted by Gasteiger charge is -2.25. The molecule has 0 unspecified atom stereocenters. The molecule has 226 valence electrons. The normalized spacial score (nSPS) is 13.7. The van der Waals surface area contributed by atoms with Crippen LogP contribution in [0.25, 0.3) is 0 Å². The third-order valence-electron chi connectivity index (χ3n) is 6.11. The van der Waals surface area contributed by atoms with Gasteiger partial charge in [0.15, 0.2) is 0 Å². The summed E-state index contributed by atoms with van der Waals surface area (Å²) in [4.78, 5) is 82.8. The average Bonchev–Trinajstić information content (AvgIpc) is 3.74. The first-order chi connectivity index (χ1) is 20.1. The molecule has 18 heteroatoms. The molecule has 0 aliphatic carbocycles. The Bertz CT molecular complexity index is 1300. The van der Waals surface area contributed by atoms with E-state index in [0.717, 1.165) is 0 Å². The zero-order valence-corrected chi connectivity index (χ0v) is 22.5. The van der Waals surface area contributed by atoms with Crippen LogP contribution in [0.5, 0.6) is 0 Å². The highest BCUT2D eigenvalue weighted by atomic mass is 16.4. The van der Waals surface area contributed by atoms with Crippen LogP contribution in [0, 0.1) is 0 Å². The van der Waals surface area contributed by atoms with E-state index in [0.29, 0.717) is 17.1 Å². The molecule has 0 fully saturated rings. The van der Waals surface area contributed by atoms with Crippen LogP contribution in [0.4, 0.5) is 4.79 Å². The van der Waals surface area contributed by atoms with Crippen LogP contribution in [0.3, 0.4) is 0 Å². The van der Waals surface area contributed by atoms with E-state index in [1.807, 2.05) is 0 Å². The summed E-state index contributed by atoms with van der Waals surface area (Å²) in [5.74, 6) is -3.45. The van der Waals surface area contributed by atoms with Gasteiger partial charge < -0.3 is 52.8 Å². The van der Waals surface area contributed by atoms with Crippen molar-refractivity contribution >= 4 is 29.7 Å². The molecule has 3 rings (SSSR count). The van der Waals surface area contributed by atoms with Crippen molar-refractivity contribution in [3.8, 4) is 0 Å². The number of H-pyrrole nitrogens is 3. The number of carboxylic acids is 1. The maximum absolute atomic E-state index is 13.5. The molecule has 0 radical (unpaired) electrons. The first kappa shape index (κ1) is 31.3. The lowest BCUT2D eigenvalue weighted by molar-refractivity contribution is -0.142. The Morgan fingerprint density at radius 1 is 0.738 bits per heavy atom. The van der Waals surface area contributed by atoms with E-state index in [-0.39, 0.29) is 38.6 Å². The van der Waals surface area contributed by atoms with Gasteiger partial charge in [-0.2, -0.15) is 0 Å². The standard InChI is InChI=1S/C24H34N12O6/c25-16(4-13-7-27-10-31-13)20(37)35-18(5-14-8-28-11-32-14)22(39)36-19(6-15-9-29-12-33-15)21(38)34-17(23(40)41)2-1-3-30-24(26)42/h7-12,16-19H,1-6,25H2,(H,27,31)(H,28,32)(H,29,33)(H,34,38)(H,35,37)(H,36,39)(H,40,41)(H3,26,30,42)/t16-,17-,18-,19-/m0/s1. The Kier molecular flexibility index (Phi) is 11.5. The Balaban J connectivity index is 1.73. The first-order valence-corrected chi connectivity index (χ1v) is 13.0. The Hall–Kier alpha value is -5.26. The highest BCUT2D eigenvalue weighted by molar-refractivity contribution is 5.94. The minimum atomic E-state index is -1.31. The van der Waals surface area contributed by atoms with Crippen molar-refractivity contribution in [3.05, 3.63) is 54.7 Å². The minimum Gasteiger partial charge on any atom is -0.480 e. The van der Waals surface area contributed by atoms with Crippen molar-refractivity contribution in [3.63, 3.8) is 0 Å². The van der Waals surface area contributed by atoms with Gasteiger partial charge in [-0.05, 0) is 12.8 Å².